The lowest BCUT2D eigenvalue weighted by molar-refractivity contribution is -0.385. The normalized spacial score (nSPS) is 13.1. The van der Waals surface area contributed by atoms with Crippen LogP contribution in [-0.2, 0) is 6.42 Å². The quantitative estimate of drug-likeness (QED) is 0.512. The molecule has 0 saturated carbocycles. The molecule has 1 amide bonds. The van der Waals surface area contributed by atoms with E-state index >= 15 is 0 Å². The number of carbonyl (C=O) groups is 1. The van der Waals surface area contributed by atoms with E-state index < -0.39 is 4.92 Å². The first kappa shape index (κ1) is 17.5. The number of nitrogen functional groups attached to an aromatic ring is 1. The molecule has 8 heteroatoms. The zero-order chi connectivity index (χ0) is 18.8. The Labute approximate surface area is 150 Å². The molecule has 0 atom stereocenters. The third-order valence-corrected chi connectivity index (χ3v) is 4.43. The number of ether oxygens (including phenoxy) is 2. The van der Waals surface area contributed by atoms with Gasteiger partial charge in [-0.05, 0) is 36.6 Å². The molecule has 0 saturated heterocycles. The van der Waals surface area contributed by atoms with Gasteiger partial charge in [0, 0.05) is 24.0 Å². The Hall–Kier alpha value is -3.29. The van der Waals surface area contributed by atoms with E-state index in [0.717, 1.165) is 24.1 Å². The first-order chi connectivity index (χ1) is 12.5. The summed E-state index contributed by atoms with van der Waals surface area (Å²) in [6, 6.07) is 8.09. The Morgan fingerprint density at radius 1 is 1.27 bits per heavy atom. The molecule has 0 fully saturated rings. The third kappa shape index (κ3) is 2.90. The molecule has 2 aromatic rings. The number of hydrogen-bond acceptors (Lipinski definition) is 6. The maximum Gasteiger partial charge on any atom is 0.315 e. The largest absolute Gasteiger partial charge is 0.493 e. The molecule has 2 aromatic carbocycles. The molecule has 0 unspecified atom stereocenters. The molecular formula is C18H19N3O5. The zero-order valence-electron chi connectivity index (χ0n) is 14.5. The van der Waals surface area contributed by atoms with Crippen LogP contribution in [0.5, 0.6) is 11.5 Å². The molecule has 0 aromatic heterocycles. The minimum atomic E-state index is -0.597. The predicted octanol–water partition coefficient (Wildman–Crippen LogP) is 2.79. The van der Waals surface area contributed by atoms with Crippen molar-refractivity contribution in [3.8, 4) is 11.5 Å². The SMILES string of the molecule is COc1cc(C(=O)N2CCCc3c(N)cccc32)cc([N+](=O)[O-])c1OC. The van der Waals surface area contributed by atoms with Crippen molar-refractivity contribution in [1.29, 1.82) is 0 Å². The van der Waals surface area contributed by atoms with Gasteiger partial charge < -0.3 is 20.1 Å². The highest BCUT2D eigenvalue weighted by atomic mass is 16.6. The fraction of sp³-hybridized carbons (Fsp3) is 0.278. The zero-order valence-corrected chi connectivity index (χ0v) is 14.5. The number of nitro benzene ring substituents is 1. The minimum Gasteiger partial charge on any atom is -0.493 e. The predicted molar refractivity (Wildman–Crippen MR) is 97.1 cm³/mol. The summed E-state index contributed by atoms with van der Waals surface area (Å²) >= 11 is 0. The molecular weight excluding hydrogens is 338 g/mol. The van der Waals surface area contributed by atoms with Crippen molar-refractivity contribution >= 4 is 23.0 Å². The van der Waals surface area contributed by atoms with E-state index in [9.17, 15) is 14.9 Å². The van der Waals surface area contributed by atoms with Crippen LogP contribution in [0.4, 0.5) is 17.1 Å². The van der Waals surface area contributed by atoms with Gasteiger partial charge in [-0.25, -0.2) is 0 Å². The second-order valence-electron chi connectivity index (χ2n) is 5.89. The Kier molecular flexibility index (Phi) is 4.66. The smallest absolute Gasteiger partial charge is 0.315 e. The van der Waals surface area contributed by atoms with Gasteiger partial charge in [-0.3, -0.25) is 14.9 Å². The van der Waals surface area contributed by atoms with Crippen LogP contribution in [0.15, 0.2) is 30.3 Å². The number of hydrogen-bond donors (Lipinski definition) is 1. The monoisotopic (exact) mass is 357 g/mol. The van der Waals surface area contributed by atoms with Gasteiger partial charge in [0.05, 0.1) is 24.7 Å². The number of fused-ring (bicyclic) bond motifs is 1. The molecule has 1 aliphatic heterocycles. The highest BCUT2D eigenvalue weighted by Crippen LogP contribution is 2.39. The van der Waals surface area contributed by atoms with Gasteiger partial charge >= 0.3 is 5.69 Å². The van der Waals surface area contributed by atoms with Gasteiger partial charge in [-0.2, -0.15) is 0 Å². The molecule has 3 rings (SSSR count). The molecule has 136 valence electrons. The Morgan fingerprint density at radius 2 is 2.04 bits per heavy atom. The van der Waals surface area contributed by atoms with E-state index in [1.165, 1.54) is 26.4 Å². The topological polar surface area (TPSA) is 108 Å². The minimum absolute atomic E-state index is 0.0164. The fourth-order valence-electron chi connectivity index (χ4n) is 3.22. The van der Waals surface area contributed by atoms with Crippen LogP contribution in [0.2, 0.25) is 0 Å². The van der Waals surface area contributed by atoms with Crippen molar-refractivity contribution in [2.45, 2.75) is 12.8 Å². The van der Waals surface area contributed by atoms with Gasteiger partial charge in [-0.15, -0.1) is 0 Å². The first-order valence-electron chi connectivity index (χ1n) is 8.07. The summed E-state index contributed by atoms with van der Waals surface area (Å²) < 4.78 is 10.2. The van der Waals surface area contributed by atoms with Gasteiger partial charge in [0.25, 0.3) is 5.91 Å². The van der Waals surface area contributed by atoms with Crippen molar-refractivity contribution < 1.29 is 19.2 Å². The van der Waals surface area contributed by atoms with Gasteiger partial charge in [0.15, 0.2) is 5.75 Å². The number of nitrogens with two attached hydrogens (primary N) is 1. The molecule has 26 heavy (non-hydrogen) atoms. The standard InChI is InChI=1S/C18H19N3O5/c1-25-16-10-11(9-15(21(23)24)17(16)26-2)18(22)20-8-4-5-12-13(19)6-3-7-14(12)20/h3,6-7,9-10H,4-5,8,19H2,1-2H3. The summed E-state index contributed by atoms with van der Waals surface area (Å²) in [5.74, 6) is -0.229. The molecule has 1 heterocycles. The third-order valence-electron chi connectivity index (χ3n) is 4.43. The van der Waals surface area contributed by atoms with E-state index in [1.807, 2.05) is 6.07 Å². The van der Waals surface area contributed by atoms with E-state index in [0.29, 0.717) is 12.2 Å². The first-order valence-corrected chi connectivity index (χ1v) is 8.07. The lowest BCUT2D eigenvalue weighted by Crippen LogP contribution is -2.35. The van der Waals surface area contributed by atoms with Crippen LogP contribution in [0, 0.1) is 10.1 Å². The number of nitrogens with zero attached hydrogens (tertiary/aromatic N) is 2. The summed E-state index contributed by atoms with van der Waals surface area (Å²) in [6.07, 6.45) is 1.56. The van der Waals surface area contributed by atoms with E-state index in [-0.39, 0.29) is 28.7 Å². The molecule has 1 aliphatic rings. The number of methoxy groups -OCH3 is 2. The second kappa shape index (κ2) is 6.91. The van der Waals surface area contributed by atoms with Crippen molar-refractivity contribution in [3.05, 3.63) is 51.6 Å². The summed E-state index contributed by atoms with van der Waals surface area (Å²) in [7, 11) is 2.68. The fourth-order valence-corrected chi connectivity index (χ4v) is 3.22. The van der Waals surface area contributed by atoms with Crippen molar-refractivity contribution in [2.75, 3.05) is 31.4 Å². The molecule has 2 N–H and O–H groups in total. The summed E-state index contributed by atoms with van der Waals surface area (Å²) in [5.41, 5.74) is 8.15. The van der Waals surface area contributed by atoms with E-state index in [1.54, 1.807) is 17.0 Å². The number of nitro groups is 1. The second-order valence-corrected chi connectivity index (χ2v) is 5.89. The van der Waals surface area contributed by atoms with Crippen LogP contribution in [0.25, 0.3) is 0 Å². The number of rotatable bonds is 4. The van der Waals surface area contributed by atoms with Gasteiger partial charge in [0.1, 0.15) is 0 Å². The van der Waals surface area contributed by atoms with Crippen LogP contribution in [0.3, 0.4) is 0 Å². The maximum atomic E-state index is 13.1. The molecule has 0 aliphatic carbocycles. The maximum absolute atomic E-state index is 13.1. The number of anilines is 2. The average molecular weight is 357 g/mol. The number of amides is 1. The van der Waals surface area contributed by atoms with Crippen LogP contribution in [-0.4, -0.2) is 31.6 Å². The van der Waals surface area contributed by atoms with Crippen LogP contribution < -0.4 is 20.1 Å². The summed E-state index contributed by atoms with van der Waals surface area (Å²) in [4.78, 5) is 25.5. The lowest BCUT2D eigenvalue weighted by Gasteiger charge is -2.30. The van der Waals surface area contributed by atoms with Gasteiger partial charge in [0.2, 0.25) is 5.75 Å². The molecule has 0 spiro atoms. The Bertz CT molecular complexity index is 881. The molecule has 0 radical (unpaired) electrons. The lowest BCUT2D eigenvalue weighted by atomic mass is 9.99. The highest BCUT2D eigenvalue weighted by Gasteiger charge is 2.29. The summed E-state index contributed by atoms with van der Waals surface area (Å²) in [5, 5.41) is 11.4. The average Bonchev–Trinajstić information content (AvgIpc) is 2.66. The molecule has 8 nitrogen and oxygen atoms in total. The van der Waals surface area contributed by atoms with Crippen LogP contribution >= 0.6 is 0 Å². The molecule has 0 bridgehead atoms. The van der Waals surface area contributed by atoms with Gasteiger partial charge in [-0.1, -0.05) is 6.07 Å². The van der Waals surface area contributed by atoms with E-state index in [4.69, 9.17) is 15.2 Å². The summed E-state index contributed by atoms with van der Waals surface area (Å²) in [6.45, 7) is 0.511. The Balaban J connectivity index is 2.08. The van der Waals surface area contributed by atoms with Crippen molar-refractivity contribution in [2.24, 2.45) is 0 Å². The number of carbonyl (C=O) groups excluding carboxylic acids is 1. The van der Waals surface area contributed by atoms with Crippen LogP contribution in [0.1, 0.15) is 22.3 Å². The van der Waals surface area contributed by atoms with Crippen molar-refractivity contribution in [1.82, 2.24) is 0 Å². The van der Waals surface area contributed by atoms with E-state index in [2.05, 4.69) is 0 Å². The Morgan fingerprint density at radius 3 is 2.69 bits per heavy atom. The highest BCUT2D eigenvalue weighted by molar-refractivity contribution is 6.08. The van der Waals surface area contributed by atoms with Crippen molar-refractivity contribution in [3.63, 3.8) is 0 Å². The number of benzene rings is 2.